The second kappa shape index (κ2) is 8.23. The van der Waals surface area contributed by atoms with Gasteiger partial charge in [-0.2, -0.15) is 0 Å². The van der Waals surface area contributed by atoms with E-state index in [4.69, 9.17) is 9.47 Å². The molecular weight excluding hydrogens is 394 g/mol. The molecule has 2 amide bonds. The number of amides is 2. The highest BCUT2D eigenvalue weighted by atomic mass is 16.7. The predicted molar refractivity (Wildman–Crippen MR) is 115 cm³/mol. The summed E-state index contributed by atoms with van der Waals surface area (Å²) in [6.07, 6.45) is 0.303. The first-order chi connectivity index (χ1) is 15.1. The van der Waals surface area contributed by atoms with Gasteiger partial charge in [0, 0.05) is 24.2 Å². The Hall–Kier alpha value is -3.06. The van der Waals surface area contributed by atoms with Crippen molar-refractivity contribution in [3.63, 3.8) is 0 Å². The largest absolute Gasteiger partial charge is 0.454 e. The van der Waals surface area contributed by atoms with Gasteiger partial charge in [-0.3, -0.25) is 9.59 Å². The molecule has 0 aromatic heterocycles. The molecule has 2 saturated heterocycles. The summed E-state index contributed by atoms with van der Waals surface area (Å²) in [5.41, 5.74) is 3.25. The van der Waals surface area contributed by atoms with E-state index in [1.54, 1.807) is 4.90 Å². The summed E-state index contributed by atoms with van der Waals surface area (Å²) in [4.78, 5) is 30.8. The van der Waals surface area contributed by atoms with Crippen molar-refractivity contribution in [1.82, 2.24) is 4.90 Å². The topological polar surface area (TPSA) is 63.5 Å². The summed E-state index contributed by atoms with van der Waals surface area (Å²) in [7, 11) is 0. The lowest BCUT2D eigenvalue weighted by Crippen LogP contribution is -3.13. The van der Waals surface area contributed by atoms with Gasteiger partial charge in [0.1, 0.15) is 6.54 Å². The van der Waals surface area contributed by atoms with E-state index in [0.717, 1.165) is 55.5 Å². The van der Waals surface area contributed by atoms with Gasteiger partial charge >= 0.3 is 0 Å². The highest BCUT2D eigenvalue weighted by Gasteiger charge is 2.38. The zero-order valence-corrected chi connectivity index (χ0v) is 17.8. The van der Waals surface area contributed by atoms with Gasteiger partial charge in [0.2, 0.25) is 18.6 Å². The van der Waals surface area contributed by atoms with Crippen LogP contribution in [-0.4, -0.2) is 56.2 Å². The van der Waals surface area contributed by atoms with Crippen LogP contribution in [0, 0.1) is 12.8 Å². The number of hydrogen-bond acceptors (Lipinski definition) is 4. The SMILES string of the molecule is Cc1ccc(N2C[C@@H](C(=O)N3CC[NH+](Cc4ccc5c(c4)OCO5)CC3)CC2=O)cc1. The Labute approximate surface area is 182 Å². The van der Waals surface area contributed by atoms with Crippen molar-refractivity contribution in [3.8, 4) is 11.5 Å². The van der Waals surface area contributed by atoms with E-state index in [1.165, 1.54) is 10.5 Å². The third kappa shape index (κ3) is 4.10. The standard InChI is InChI=1S/C24H27N3O4/c1-17-2-5-20(6-3-17)27-15-19(13-23(27)28)24(29)26-10-8-25(9-11-26)14-18-4-7-21-22(12-18)31-16-30-21/h2-7,12,19H,8-11,13-16H2,1H3/p+1/t19-/m0/s1. The van der Waals surface area contributed by atoms with Gasteiger partial charge in [0.05, 0.1) is 32.1 Å². The molecule has 31 heavy (non-hydrogen) atoms. The number of rotatable bonds is 4. The normalized spacial score (nSPS) is 21.1. The number of piperazine rings is 1. The van der Waals surface area contributed by atoms with Crippen molar-refractivity contribution in [2.75, 3.05) is 44.4 Å². The molecular formula is C24H28N3O4+. The average Bonchev–Trinajstić information content (AvgIpc) is 3.40. The van der Waals surface area contributed by atoms with Crippen molar-refractivity contribution < 1.29 is 24.0 Å². The third-order valence-corrected chi connectivity index (χ3v) is 6.49. The summed E-state index contributed by atoms with van der Waals surface area (Å²) < 4.78 is 10.9. The Morgan fingerprint density at radius 3 is 2.58 bits per heavy atom. The van der Waals surface area contributed by atoms with Crippen LogP contribution in [0.3, 0.4) is 0 Å². The molecule has 1 atom stereocenters. The fourth-order valence-electron chi connectivity index (χ4n) is 4.67. The van der Waals surface area contributed by atoms with Crippen LogP contribution in [-0.2, 0) is 16.1 Å². The number of fused-ring (bicyclic) bond motifs is 1. The van der Waals surface area contributed by atoms with E-state index in [9.17, 15) is 9.59 Å². The first-order valence-electron chi connectivity index (χ1n) is 10.9. The number of anilines is 1. The van der Waals surface area contributed by atoms with E-state index in [2.05, 4.69) is 12.1 Å². The molecule has 7 heteroatoms. The molecule has 1 N–H and O–H groups in total. The molecule has 0 aliphatic carbocycles. The summed E-state index contributed by atoms with van der Waals surface area (Å²) in [6.45, 7) is 6.97. The van der Waals surface area contributed by atoms with E-state index < -0.39 is 0 Å². The van der Waals surface area contributed by atoms with Crippen LogP contribution in [0.1, 0.15) is 17.5 Å². The summed E-state index contributed by atoms with van der Waals surface area (Å²) >= 11 is 0. The van der Waals surface area contributed by atoms with Gasteiger partial charge < -0.3 is 24.2 Å². The number of hydrogen-bond donors (Lipinski definition) is 1. The first-order valence-corrected chi connectivity index (χ1v) is 10.9. The van der Waals surface area contributed by atoms with E-state index in [-0.39, 0.29) is 24.5 Å². The summed E-state index contributed by atoms with van der Waals surface area (Å²) in [5.74, 6) is 1.53. The fourth-order valence-corrected chi connectivity index (χ4v) is 4.67. The molecule has 0 spiro atoms. The number of nitrogens with zero attached hydrogens (tertiary/aromatic N) is 2. The molecule has 2 fully saturated rings. The Morgan fingerprint density at radius 1 is 1.06 bits per heavy atom. The van der Waals surface area contributed by atoms with Crippen LogP contribution in [0.2, 0.25) is 0 Å². The zero-order chi connectivity index (χ0) is 21.4. The Kier molecular flexibility index (Phi) is 5.28. The lowest BCUT2D eigenvalue weighted by Gasteiger charge is -2.33. The quantitative estimate of drug-likeness (QED) is 0.799. The molecule has 0 bridgehead atoms. The first kappa shape index (κ1) is 19.9. The van der Waals surface area contributed by atoms with Crippen molar-refractivity contribution in [2.24, 2.45) is 5.92 Å². The maximum Gasteiger partial charge on any atom is 0.231 e. The Morgan fingerprint density at radius 2 is 1.81 bits per heavy atom. The van der Waals surface area contributed by atoms with Crippen molar-refractivity contribution >= 4 is 17.5 Å². The van der Waals surface area contributed by atoms with Crippen LogP contribution in [0.5, 0.6) is 11.5 Å². The number of aryl methyl sites for hydroxylation is 1. The molecule has 5 rings (SSSR count). The molecule has 2 aromatic rings. The highest BCUT2D eigenvalue weighted by Crippen LogP contribution is 2.32. The van der Waals surface area contributed by atoms with Gasteiger partial charge in [-0.05, 0) is 37.3 Å². The van der Waals surface area contributed by atoms with Crippen molar-refractivity contribution in [3.05, 3.63) is 53.6 Å². The minimum atomic E-state index is -0.246. The van der Waals surface area contributed by atoms with Crippen LogP contribution in [0.25, 0.3) is 0 Å². The second-order valence-electron chi connectivity index (χ2n) is 8.68. The van der Waals surface area contributed by atoms with Gasteiger partial charge in [0.15, 0.2) is 11.5 Å². The third-order valence-electron chi connectivity index (χ3n) is 6.49. The van der Waals surface area contributed by atoms with E-state index >= 15 is 0 Å². The van der Waals surface area contributed by atoms with Crippen LogP contribution in [0.4, 0.5) is 5.69 Å². The molecule has 0 unspecified atom stereocenters. The van der Waals surface area contributed by atoms with Crippen LogP contribution >= 0.6 is 0 Å². The average molecular weight is 423 g/mol. The monoisotopic (exact) mass is 422 g/mol. The lowest BCUT2D eigenvalue weighted by atomic mass is 10.1. The van der Waals surface area contributed by atoms with Gasteiger partial charge in [-0.1, -0.05) is 17.7 Å². The van der Waals surface area contributed by atoms with Crippen LogP contribution in [0.15, 0.2) is 42.5 Å². The molecule has 3 aliphatic rings. The van der Waals surface area contributed by atoms with E-state index in [1.807, 2.05) is 42.2 Å². The van der Waals surface area contributed by atoms with Gasteiger partial charge in [0.25, 0.3) is 0 Å². The molecule has 162 valence electrons. The van der Waals surface area contributed by atoms with Crippen molar-refractivity contribution in [1.29, 1.82) is 0 Å². The molecule has 0 radical (unpaired) electrons. The lowest BCUT2D eigenvalue weighted by molar-refractivity contribution is -0.917. The van der Waals surface area contributed by atoms with Crippen LogP contribution < -0.4 is 19.3 Å². The molecule has 0 saturated carbocycles. The number of nitrogens with one attached hydrogen (secondary N) is 1. The molecule has 3 aliphatic heterocycles. The number of benzene rings is 2. The maximum atomic E-state index is 13.1. The van der Waals surface area contributed by atoms with Crippen molar-refractivity contribution in [2.45, 2.75) is 19.9 Å². The maximum absolute atomic E-state index is 13.1. The smallest absolute Gasteiger partial charge is 0.231 e. The van der Waals surface area contributed by atoms with Gasteiger partial charge in [-0.15, -0.1) is 0 Å². The number of quaternary nitrogens is 1. The summed E-state index contributed by atoms with van der Waals surface area (Å²) in [5, 5.41) is 0. The predicted octanol–water partition coefficient (Wildman–Crippen LogP) is 1.00. The number of ether oxygens (including phenoxy) is 2. The van der Waals surface area contributed by atoms with E-state index in [0.29, 0.717) is 13.0 Å². The summed E-state index contributed by atoms with van der Waals surface area (Å²) in [6, 6.07) is 14.0. The molecule has 7 nitrogen and oxygen atoms in total. The minimum Gasteiger partial charge on any atom is -0.454 e. The number of carbonyl (C=O) groups is 2. The zero-order valence-electron chi connectivity index (χ0n) is 17.8. The van der Waals surface area contributed by atoms with Gasteiger partial charge in [-0.25, -0.2) is 0 Å². The Balaban J connectivity index is 1.15. The minimum absolute atomic E-state index is 0.0364. The fraction of sp³-hybridized carbons (Fsp3) is 0.417. The second-order valence-corrected chi connectivity index (χ2v) is 8.68. The molecule has 2 aromatic carbocycles. The highest BCUT2D eigenvalue weighted by molar-refractivity contribution is 6.00. The Bertz CT molecular complexity index is 983. The molecule has 3 heterocycles. The number of carbonyl (C=O) groups excluding carboxylic acids is 2.